The van der Waals surface area contributed by atoms with Crippen LogP contribution in [-0.2, 0) is 0 Å². The van der Waals surface area contributed by atoms with Crippen molar-refractivity contribution in [2.45, 2.75) is 46.0 Å². The molecule has 0 saturated carbocycles. The highest BCUT2D eigenvalue weighted by Gasteiger charge is 1.97. The third kappa shape index (κ3) is 5.87. The minimum Gasteiger partial charge on any atom is -0.120 e. The Morgan fingerprint density at radius 2 is 2.08 bits per heavy atom. The smallest absolute Gasteiger partial charge is 0.0309 e. The number of terminal acetylenes is 1. The van der Waals surface area contributed by atoms with E-state index in [9.17, 15) is 0 Å². The zero-order valence-electron chi connectivity index (χ0n) is 8.19. The first-order chi connectivity index (χ1) is 5.85. The number of rotatable bonds is 4. The van der Waals surface area contributed by atoms with Gasteiger partial charge >= 0.3 is 0 Å². The molecule has 0 amide bonds. The van der Waals surface area contributed by atoms with E-state index in [0.717, 1.165) is 19.3 Å². The van der Waals surface area contributed by atoms with Crippen LogP contribution >= 0.6 is 0 Å². The Kier molecular flexibility index (Phi) is 7.62. The van der Waals surface area contributed by atoms with Crippen molar-refractivity contribution in [2.75, 3.05) is 0 Å². The van der Waals surface area contributed by atoms with Crippen LogP contribution in [0.3, 0.4) is 0 Å². The Labute approximate surface area is 76.8 Å². The normalized spacial score (nSPS) is 11.1. The van der Waals surface area contributed by atoms with Crippen molar-refractivity contribution in [3.05, 3.63) is 0 Å². The lowest BCUT2D eigenvalue weighted by Crippen LogP contribution is -1.92. The summed E-state index contributed by atoms with van der Waals surface area (Å²) >= 11 is 0. The van der Waals surface area contributed by atoms with Gasteiger partial charge in [0, 0.05) is 18.8 Å². The van der Waals surface area contributed by atoms with Gasteiger partial charge in [0.1, 0.15) is 0 Å². The van der Waals surface area contributed by atoms with Gasteiger partial charge in [-0.2, -0.15) is 0 Å². The molecule has 0 aromatic heterocycles. The third-order valence-corrected chi connectivity index (χ3v) is 1.82. The van der Waals surface area contributed by atoms with Crippen molar-refractivity contribution in [3.63, 3.8) is 0 Å². The molecule has 0 fully saturated rings. The van der Waals surface area contributed by atoms with Gasteiger partial charge in [-0.1, -0.05) is 26.2 Å². The molecule has 0 heteroatoms. The van der Waals surface area contributed by atoms with Gasteiger partial charge in [-0.05, 0) is 12.8 Å². The molecular weight excluding hydrogens is 144 g/mol. The Morgan fingerprint density at radius 1 is 1.33 bits per heavy atom. The summed E-state index contributed by atoms with van der Waals surface area (Å²) < 4.78 is 0. The molecule has 0 saturated heterocycles. The van der Waals surface area contributed by atoms with Crippen LogP contribution in [0.15, 0.2) is 0 Å². The zero-order chi connectivity index (χ0) is 9.23. The van der Waals surface area contributed by atoms with Crippen molar-refractivity contribution in [3.8, 4) is 24.2 Å². The SMILES string of the molecule is C#CCC(C#CCCCC)CC. The van der Waals surface area contributed by atoms with Gasteiger partial charge in [0.05, 0.1) is 0 Å². The average Bonchev–Trinajstić information content (AvgIpc) is 2.10. The first-order valence-corrected chi connectivity index (χ1v) is 4.77. The van der Waals surface area contributed by atoms with Crippen LogP contribution in [0, 0.1) is 30.1 Å². The third-order valence-electron chi connectivity index (χ3n) is 1.82. The van der Waals surface area contributed by atoms with Gasteiger partial charge in [-0.3, -0.25) is 0 Å². The molecule has 0 spiro atoms. The summed E-state index contributed by atoms with van der Waals surface area (Å²) in [5.41, 5.74) is 0. The summed E-state index contributed by atoms with van der Waals surface area (Å²) in [5, 5.41) is 0. The predicted octanol–water partition coefficient (Wildman–Crippen LogP) is 3.23. The van der Waals surface area contributed by atoms with Crippen LogP contribution in [0.1, 0.15) is 46.0 Å². The van der Waals surface area contributed by atoms with Gasteiger partial charge in [0.15, 0.2) is 0 Å². The van der Waals surface area contributed by atoms with E-state index in [0.29, 0.717) is 5.92 Å². The molecule has 1 atom stereocenters. The monoisotopic (exact) mass is 162 g/mol. The van der Waals surface area contributed by atoms with Crippen molar-refractivity contribution < 1.29 is 0 Å². The molecule has 0 aliphatic heterocycles. The maximum Gasteiger partial charge on any atom is 0.0309 e. The van der Waals surface area contributed by atoms with E-state index in [4.69, 9.17) is 6.42 Å². The minimum absolute atomic E-state index is 0.423. The lowest BCUT2D eigenvalue weighted by molar-refractivity contribution is 0.670. The van der Waals surface area contributed by atoms with E-state index in [1.165, 1.54) is 12.8 Å². The summed E-state index contributed by atoms with van der Waals surface area (Å²) in [6.07, 6.45) is 10.5. The van der Waals surface area contributed by atoms with Crippen molar-refractivity contribution in [1.82, 2.24) is 0 Å². The standard InChI is InChI=1S/C12H18/c1-4-7-8-9-11-12(6-3)10-5-2/h2,12H,4,6-8,10H2,1,3H3. The van der Waals surface area contributed by atoms with E-state index in [-0.39, 0.29) is 0 Å². The highest BCUT2D eigenvalue weighted by molar-refractivity contribution is 5.06. The summed E-state index contributed by atoms with van der Waals surface area (Å²) in [4.78, 5) is 0. The molecule has 0 aliphatic carbocycles. The fourth-order valence-electron chi connectivity index (χ4n) is 0.921. The second kappa shape index (κ2) is 8.22. The van der Waals surface area contributed by atoms with Crippen LogP contribution < -0.4 is 0 Å². The second-order valence-electron chi connectivity index (χ2n) is 2.94. The summed E-state index contributed by atoms with van der Waals surface area (Å²) in [7, 11) is 0. The quantitative estimate of drug-likeness (QED) is 0.440. The van der Waals surface area contributed by atoms with Gasteiger partial charge in [-0.25, -0.2) is 0 Å². The average molecular weight is 162 g/mol. The van der Waals surface area contributed by atoms with E-state index >= 15 is 0 Å². The largest absolute Gasteiger partial charge is 0.120 e. The minimum atomic E-state index is 0.423. The fraction of sp³-hybridized carbons (Fsp3) is 0.667. The van der Waals surface area contributed by atoms with Crippen molar-refractivity contribution >= 4 is 0 Å². The molecule has 0 heterocycles. The number of unbranched alkanes of at least 4 members (excludes halogenated alkanes) is 2. The molecule has 0 aliphatic rings. The van der Waals surface area contributed by atoms with Crippen molar-refractivity contribution in [1.29, 1.82) is 0 Å². The molecule has 0 bridgehead atoms. The van der Waals surface area contributed by atoms with E-state index in [2.05, 4.69) is 31.6 Å². The van der Waals surface area contributed by atoms with E-state index in [1.807, 2.05) is 0 Å². The zero-order valence-corrected chi connectivity index (χ0v) is 8.19. The summed E-state index contributed by atoms with van der Waals surface area (Å²) in [5.74, 6) is 9.47. The molecule has 0 radical (unpaired) electrons. The highest BCUT2D eigenvalue weighted by atomic mass is 14.0. The molecule has 0 nitrogen and oxygen atoms in total. The Balaban J connectivity index is 3.66. The van der Waals surface area contributed by atoms with Gasteiger partial charge < -0.3 is 0 Å². The van der Waals surface area contributed by atoms with Crippen LogP contribution in [-0.4, -0.2) is 0 Å². The summed E-state index contributed by atoms with van der Waals surface area (Å²) in [6, 6.07) is 0. The van der Waals surface area contributed by atoms with Crippen LogP contribution in [0.2, 0.25) is 0 Å². The topological polar surface area (TPSA) is 0 Å². The maximum atomic E-state index is 5.22. The lowest BCUT2D eigenvalue weighted by atomic mass is 10.0. The number of hydrogen-bond donors (Lipinski definition) is 0. The van der Waals surface area contributed by atoms with Gasteiger partial charge in [0.25, 0.3) is 0 Å². The fourth-order valence-corrected chi connectivity index (χ4v) is 0.921. The van der Waals surface area contributed by atoms with Gasteiger partial charge in [0.2, 0.25) is 0 Å². The maximum absolute atomic E-state index is 5.22. The van der Waals surface area contributed by atoms with Gasteiger partial charge in [-0.15, -0.1) is 18.3 Å². The van der Waals surface area contributed by atoms with E-state index in [1.54, 1.807) is 0 Å². The van der Waals surface area contributed by atoms with Crippen molar-refractivity contribution in [2.24, 2.45) is 5.92 Å². The molecular formula is C12H18. The molecule has 0 rings (SSSR count). The van der Waals surface area contributed by atoms with Crippen LogP contribution in [0.25, 0.3) is 0 Å². The highest BCUT2D eigenvalue weighted by Crippen LogP contribution is 2.05. The molecule has 1 unspecified atom stereocenters. The Morgan fingerprint density at radius 3 is 2.58 bits per heavy atom. The van der Waals surface area contributed by atoms with Crippen LogP contribution in [0.4, 0.5) is 0 Å². The molecule has 0 aromatic carbocycles. The Hall–Kier alpha value is -0.880. The lowest BCUT2D eigenvalue weighted by Gasteiger charge is -1.99. The second-order valence-corrected chi connectivity index (χ2v) is 2.94. The number of hydrogen-bond acceptors (Lipinski definition) is 0. The van der Waals surface area contributed by atoms with E-state index < -0.39 is 0 Å². The summed E-state index contributed by atoms with van der Waals surface area (Å²) in [6.45, 7) is 4.32. The molecule has 0 aromatic rings. The first-order valence-electron chi connectivity index (χ1n) is 4.77. The molecule has 0 N–H and O–H groups in total. The Bertz CT molecular complexity index is 184. The molecule has 66 valence electrons. The first kappa shape index (κ1) is 11.1. The van der Waals surface area contributed by atoms with Crippen LogP contribution in [0.5, 0.6) is 0 Å². The molecule has 12 heavy (non-hydrogen) atoms. The predicted molar refractivity (Wildman–Crippen MR) is 54.5 cm³/mol.